The third kappa shape index (κ3) is 3.64. The predicted octanol–water partition coefficient (Wildman–Crippen LogP) is 5.35. The van der Waals surface area contributed by atoms with E-state index in [1.165, 1.54) is 17.3 Å². The second-order valence-corrected chi connectivity index (χ2v) is 8.11. The SMILES string of the molecule is COc1ccc2c(n1)CCC(C)(c1ccc(Cl)cc1)C2OC(=S)SC. The summed E-state index contributed by atoms with van der Waals surface area (Å²) >= 11 is 12.9. The van der Waals surface area contributed by atoms with E-state index < -0.39 is 0 Å². The van der Waals surface area contributed by atoms with E-state index in [9.17, 15) is 0 Å². The predicted molar refractivity (Wildman–Crippen MR) is 108 cm³/mol. The number of rotatable bonds is 3. The van der Waals surface area contributed by atoms with Gasteiger partial charge in [-0.1, -0.05) is 42.4 Å². The van der Waals surface area contributed by atoms with Crippen LogP contribution >= 0.6 is 35.6 Å². The van der Waals surface area contributed by atoms with E-state index in [4.69, 9.17) is 33.3 Å². The molecule has 1 aliphatic rings. The highest BCUT2D eigenvalue weighted by Gasteiger charge is 2.43. The number of benzene rings is 1. The molecule has 0 bridgehead atoms. The smallest absolute Gasteiger partial charge is 0.220 e. The van der Waals surface area contributed by atoms with E-state index in [0.717, 1.165) is 29.1 Å². The Balaban J connectivity index is 2.08. The van der Waals surface area contributed by atoms with Crippen LogP contribution in [0.25, 0.3) is 0 Å². The summed E-state index contributed by atoms with van der Waals surface area (Å²) in [7, 11) is 1.63. The molecule has 1 aliphatic carbocycles. The summed E-state index contributed by atoms with van der Waals surface area (Å²) in [5, 5.41) is 0.729. The van der Waals surface area contributed by atoms with Gasteiger partial charge in [0.05, 0.1) is 12.8 Å². The molecule has 132 valence electrons. The Hall–Kier alpha value is -1.30. The fourth-order valence-electron chi connectivity index (χ4n) is 3.36. The van der Waals surface area contributed by atoms with E-state index in [0.29, 0.717) is 10.3 Å². The number of nitrogens with zero attached hydrogens (tertiary/aromatic N) is 1. The van der Waals surface area contributed by atoms with Gasteiger partial charge in [0.25, 0.3) is 0 Å². The van der Waals surface area contributed by atoms with E-state index in [-0.39, 0.29) is 11.5 Å². The highest BCUT2D eigenvalue weighted by atomic mass is 35.5. The molecule has 3 nitrogen and oxygen atoms in total. The largest absolute Gasteiger partial charge is 0.481 e. The maximum absolute atomic E-state index is 6.22. The lowest BCUT2D eigenvalue weighted by molar-refractivity contribution is 0.0941. The summed E-state index contributed by atoms with van der Waals surface area (Å²) in [5.41, 5.74) is 3.06. The van der Waals surface area contributed by atoms with E-state index in [1.807, 2.05) is 30.5 Å². The summed E-state index contributed by atoms with van der Waals surface area (Å²) in [6, 6.07) is 11.9. The van der Waals surface area contributed by atoms with Crippen LogP contribution in [0.15, 0.2) is 36.4 Å². The number of hydrogen-bond acceptors (Lipinski definition) is 5. The van der Waals surface area contributed by atoms with Crippen LogP contribution in [0.2, 0.25) is 5.02 Å². The number of methoxy groups -OCH3 is 1. The van der Waals surface area contributed by atoms with Crippen LogP contribution in [0.3, 0.4) is 0 Å². The first-order chi connectivity index (χ1) is 12.0. The fourth-order valence-corrected chi connectivity index (χ4v) is 3.78. The second-order valence-electron chi connectivity index (χ2n) is 6.27. The number of aromatic nitrogens is 1. The minimum Gasteiger partial charge on any atom is -0.481 e. The van der Waals surface area contributed by atoms with Crippen molar-refractivity contribution in [1.82, 2.24) is 4.98 Å². The van der Waals surface area contributed by atoms with Crippen LogP contribution in [0.1, 0.15) is 36.3 Å². The lowest BCUT2D eigenvalue weighted by Crippen LogP contribution is -2.37. The second kappa shape index (κ2) is 7.52. The van der Waals surface area contributed by atoms with Crippen LogP contribution in [0.5, 0.6) is 5.88 Å². The molecule has 0 amide bonds. The summed E-state index contributed by atoms with van der Waals surface area (Å²) in [6.07, 6.45) is 3.50. The monoisotopic (exact) mass is 393 g/mol. The van der Waals surface area contributed by atoms with Crippen LogP contribution < -0.4 is 4.74 Å². The molecule has 0 saturated heterocycles. The summed E-state index contributed by atoms with van der Waals surface area (Å²) < 4.78 is 12.0. The van der Waals surface area contributed by atoms with Gasteiger partial charge in [-0.15, -0.1) is 0 Å². The Kier molecular flexibility index (Phi) is 5.56. The molecular formula is C19H20ClNO2S2. The molecule has 0 aliphatic heterocycles. The van der Waals surface area contributed by atoms with Gasteiger partial charge < -0.3 is 9.47 Å². The number of halogens is 1. The number of pyridine rings is 1. The first-order valence-electron chi connectivity index (χ1n) is 8.02. The zero-order chi connectivity index (χ0) is 18.0. The average molecular weight is 394 g/mol. The van der Waals surface area contributed by atoms with Crippen molar-refractivity contribution in [3.05, 3.63) is 58.2 Å². The number of aryl methyl sites for hydroxylation is 1. The first-order valence-corrected chi connectivity index (χ1v) is 10.0. The van der Waals surface area contributed by atoms with Gasteiger partial charge in [-0.3, -0.25) is 0 Å². The Labute approximate surface area is 163 Å². The summed E-state index contributed by atoms with van der Waals surface area (Å²) in [4.78, 5) is 4.62. The normalized spacial score (nSPS) is 22.2. The molecule has 6 heteroatoms. The van der Waals surface area contributed by atoms with Crippen molar-refractivity contribution in [3.8, 4) is 5.88 Å². The van der Waals surface area contributed by atoms with Crippen molar-refractivity contribution >= 4 is 40.0 Å². The van der Waals surface area contributed by atoms with Crippen molar-refractivity contribution in [2.75, 3.05) is 13.4 Å². The third-order valence-corrected chi connectivity index (χ3v) is 6.10. The molecule has 3 rings (SSSR count). The molecule has 0 saturated carbocycles. The van der Waals surface area contributed by atoms with Gasteiger partial charge in [0.15, 0.2) is 0 Å². The maximum Gasteiger partial charge on any atom is 0.220 e. The van der Waals surface area contributed by atoms with Gasteiger partial charge in [-0.05, 0) is 55.1 Å². The molecule has 2 aromatic rings. The number of thiocarbonyl (C=S) groups is 1. The lowest BCUT2D eigenvalue weighted by Gasteiger charge is -2.42. The van der Waals surface area contributed by atoms with E-state index in [2.05, 4.69) is 24.0 Å². The van der Waals surface area contributed by atoms with E-state index >= 15 is 0 Å². The number of ether oxygens (including phenoxy) is 2. The summed E-state index contributed by atoms with van der Waals surface area (Å²) in [5.74, 6) is 0.625. The Bertz CT molecular complexity index is 781. The lowest BCUT2D eigenvalue weighted by atomic mass is 9.67. The minimum atomic E-state index is -0.215. The molecule has 1 aromatic carbocycles. The molecule has 2 unspecified atom stereocenters. The Morgan fingerprint density at radius 1 is 1.28 bits per heavy atom. The topological polar surface area (TPSA) is 31.4 Å². The van der Waals surface area contributed by atoms with Gasteiger partial charge >= 0.3 is 0 Å². The van der Waals surface area contributed by atoms with Crippen molar-refractivity contribution < 1.29 is 9.47 Å². The molecule has 0 spiro atoms. The quantitative estimate of drug-likeness (QED) is 0.656. The van der Waals surface area contributed by atoms with Crippen molar-refractivity contribution in [2.45, 2.75) is 31.3 Å². The van der Waals surface area contributed by atoms with Gasteiger partial charge in [0.1, 0.15) is 6.10 Å². The molecular weight excluding hydrogens is 374 g/mol. The van der Waals surface area contributed by atoms with Gasteiger partial charge in [-0.25, -0.2) is 4.98 Å². The van der Waals surface area contributed by atoms with Crippen molar-refractivity contribution in [3.63, 3.8) is 0 Å². The van der Waals surface area contributed by atoms with Crippen molar-refractivity contribution in [2.24, 2.45) is 0 Å². The minimum absolute atomic E-state index is 0.198. The zero-order valence-corrected chi connectivity index (χ0v) is 16.8. The molecule has 25 heavy (non-hydrogen) atoms. The van der Waals surface area contributed by atoms with Gasteiger partial charge in [-0.2, -0.15) is 0 Å². The molecule has 0 radical (unpaired) electrons. The summed E-state index contributed by atoms with van der Waals surface area (Å²) in [6.45, 7) is 2.22. The van der Waals surface area contributed by atoms with Crippen LogP contribution in [0, 0.1) is 0 Å². The number of fused-ring (bicyclic) bond motifs is 1. The molecule has 2 atom stereocenters. The highest BCUT2D eigenvalue weighted by Crippen LogP contribution is 2.48. The standard InChI is InChI=1S/C19H20ClNO2S2/c1-19(12-4-6-13(20)7-5-12)11-10-15-14(8-9-16(21-15)22-2)17(19)23-18(24)25-3/h4-9,17H,10-11H2,1-3H3. The fraction of sp³-hybridized carbons (Fsp3) is 0.368. The zero-order valence-electron chi connectivity index (χ0n) is 14.4. The Morgan fingerprint density at radius 3 is 2.64 bits per heavy atom. The third-order valence-electron chi connectivity index (χ3n) is 4.82. The van der Waals surface area contributed by atoms with Crippen molar-refractivity contribution in [1.29, 1.82) is 0 Å². The number of hydrogen-bond donors (Lipinski definition) is 0. The number of thioether (sulfide) groups is 1. The van der Waals surface area contributed by atoms with Gasteiger partial charge in [0.2, 0.25) is 10.3 Å². The Morgan fingerprint density at radius 2 is 2.00 bits per heavy atom. The van der Waals surface area contributed by atoms with E-state index in [1.54, 1.807) is 7.11 Å². The van der Waals surface area contributed by atoms with Crippen LogP contribution in [-0.4, -0.2) is 22.7 Å². The van der Waals surface area contributed by atoms with Crippen LogP contribution in [-0.2, 0) is 16.6 Å². The highest BCUT2D eigenvalue weighted by molar-refractivity contribution is 8.22. The van der Waals surface area contributed by atoms with Gasteiger partial charge in [0, 0.05) is 22.1 Å². The first kappa shape index (κ1) is 18.5. The molecule has 0 N–H and O–H groups in total. The van der Waals surface area contributed by atoms with Crippen LogP contribution in [0.4, 0.5) is 0 Å². The average Bonchev–Trinajstić information content (AvgIpc) is 2.64. The molecule has 1 aromatic heterocycles. The molecule has 0 fully saturated rings. The maximum atomic E-state index is 6.22. The molecule has 1 heterocycles.